The molecule has 1 aromatic heterocycles. The Kier molecular flexibility index (Phi) is 4.15. The molecule has 2 nitrogen and oxygen atoms in total. The van der Waals surface area contributed by atoms with Gasteiger partial charge in [0.25, 0.3) is 0 Å². The Morgan fingerprint density at radius 2 is 2.11 bits per heavy atom. The summed E-state index contributed by atoms with van der Waals surface area (Å²) in [5, 5.41) is 3.39. The summed E-state index contributed by atoms with van der Waals surface area (Å²) in [5.74, 6) is -0.180. The van der Waals surface area contributed by atoms with Crippen LogP contribution in [0.5, 0.6) is 0 Å². The van der Waals surface area contributed by atoms with Gasteiger partial charge in [0, 0.05) is 24.5 Å². The van der Waals surface area contributed by atoms with Gasteiger partial charge in [0.2, 0.25) is 0 Å². The first-order valence-electron chi connectivity index (χ1n) is 6.33. The minimum atomic E-state index is -0.180. The second kappa shape index (κ2) is 5.83. The number of benzene rings is 1. The second-order valence-corrected chi connectivity index (χ2v) is 4.47. The molecule has 1 atom stereocenters. The van der Waals surface area contributed by atoms with Crippen molar-refractivity contribution in [3.8, 4) is 0 Å². The van der Waals surface area contributed by atoms with Crippen molar-refractivity contribution in [2.24, 2.45) is 0 Å². The summed E-state index contributed by atoms with van der Waals surface area (Å²) in [6, 6.07) is 11.2. The van der Waals surface area contributed by atoms with E-state index < -0.39 is 0 Å². The average molecular weight is 246 g/mol. The van der Waals surface area contributed by atoms with E-state index >= 15 is 0 Å². The monoisotopic (exact) mass is 246 g/mol. The molecule has 0 aliphatic carbocycles. The third-order valence-electron chi connectivity index (χ3n) is 3.06. The SMILES string of the molecule is CCNC(C)c1cccn1Cc1cccc(F)c1. The summed E-state index contributed by atoms with van der Waals surface area (Å²) < 4.78 is 15.3. The van der Waals surface area contributed by atoms with Crippen LogP contribution in [0.25, 0.3) is 0 Å². The van der Waals surface area contributed by atoms with E-state index in [2.05, 4.69) is 29.8 Å². The lowest BCUT2D eigenvalue weighted by Crippen LogP contribution is -2.20. The van der Waals surface area contributed by atoms with Gasteiger partial charge < -0.3 is 9.88 Å². The summed E-state index contributed by atoms with van der Waals surface area (Å²) in [7, 11) is 0. The smallest absolute Gasteiger partial charge is 0.123 e. The molecule has 0 bridgehead atoms. The third kappa shape index (κ3) is 2.99. The van der Waals surface area contributed by atoms with Crippen molar-refractivity contribution in [2.75, 3.05) is 6.54 Å². The maximum absolute atomic E-state index is 13.2. The third-order valence-corrected chi connectivity index (χ3v) is 3.06. The molecule has 0 amide bonds. The fourth-order valence-corrected chi connectivity index (χ4v) is 2.21. The summed E-state index contributed by atoms with van der Waals surface area (Å²) in [6.07, 6.45) is 2.04. The molecule has 96 valence electrons. The Balaban J connectivity index is 2.17. The van der Waals surface area contributed by atoms with Gasteiger partial charge >= 0.3 is 0 Å². The lowest BCUT2D eigenvalue weighted by Gasteiger charge is -2.16. The zero-order chi connectivity index (χ0) is 13.0. The number of hydrogen-bond acceptors (Lipinski definition) is 1. The maximum Gasteiger partial charge on any atom is 0.123 e. The first kappa shape index (κ1) is 12.8. The minimum Gasteiger partial charge on any atom is -0.346 e. The van der Waals surface area contributed by atoms with E-state index in [1.54, 1.807) is 12.1 Å². The van der Waals surface area contributed by atoms with Gasteiger partial charge in [-0.2, -0.15) is 0 Å². The first-order valence-corrected chi connectivity index (χ1v) is 6.33. The Hall–Kier alpha value is -1.61. The van der Waals surface area contributed by atoms with E-state index in [4.69, 9.17) is 0 Å². The highest BCUT2D eigenvalue weighted by Gasteiger charge is 2.09. The van der Waals surface area contributed by atoms with E-state index in [0.29, 0.717) is 12.6 Å². The molecule has 0 fully saturated rings. The Morgan fingerprint density at radius 1 is 1.28 bits per heavy atom. The fourth-order valence-electron chi connectivity index (χ4n) is 2.21. The fraction of sp³-hybridized carbons (Fsp3) is 0.333. The molecule has 0 saturated carbocycles. The summed E-state index contributed by atoms with van der Waals surface area (Å²) in [6.45, 7) is 5.87. The van der Waals surface area contributed by atoms with Crippen LogP contribution in [-0.2, 0) is 6.54 Å². The number of halogens is 1. The van der Waals surface area contributed by atoms with Crippen molar-refractivity contribution in [2.45, 2.75) is 26.4 Å². The van der Waals surface area contributed by atoms with Crippen molar-refractivity contribution in [3.05, 3.63) is 59.7 Å². The molecule has 0 saturated heterocycles. The van der Waals surface area contributed by atoms with Gasteiger partial charge in [-0.25, -0.2) is 4.39 Å². The summed E-state index contributed by atoms with van der Waals surface area (Å²) in [4.78, 5) is 0. The molecule has 1 heterocycles. The van der Waals surface area contributed by atoms with Crippen LogP contribution >= 0.6 is 0 Å². The Labute approximate surface area is 107 Å². The molecule has 2 rings (SSSR count). The molecular weight excluding hydrogens is 227 g/mol. The number of nitrogens with zero attached hydrogens (tertiary/aromatic N) is 1. The average Bonchev–Trinajstić information content (AvgIpc) is 2.77. The number of hydrogen-bond donors (Lipinski definition) is 1. The van der Waals surface area contributed by atoms with Crippen LogP contribution in [0.1, 0.15) is 31.1 Å². The minimum absolute atomic E-state index is 0.180. The molecule has 0 radical (unpaired) electrons. The van der Waals surface area contributed by atoms with Gasteiger partial charge in [0.05, 0.1) is 0 Å². The van der Waals surface area contributed by atoms with Crippen LogP contribution in [0.3, 0.4) is 0 Å². The van der Waals surface area contributed by atoms with E-state index in [9.17, 15) is 4.39 Å². The highest BCUT2D eigenvalue weighted by Crippen LogP contribution is 2.15. The van der Waals surface area contributed by atoms with Crippen LogP contribution in [-0.4, -0.2) is 11.1 Å². The molecule has 18 heavy (non-hydrogen) atoms. The lowest BCUT2D eigenvalue weighted by molar-refractivity contribution is 0.552. The quantitative estimate of drug-likeness (QED) is 0.856. The van der Waals surface area contributed by atoms with E-state index in [0.717, 1.165) is 12.1 Å². The zero-order valence-corrected chi connectivity index (χ0v) is 10.9. The van der Waals surface area contributed by atoms with Gasteiger partial charge in [0.15, 0.2) is 0 Å². The molecule has 0 aliphatic rings. The summed E-state index contributed by atoms with van der Waals surface area (Å²) >= 11 is 0. The van der Waals surface area contributed by atoms with Gasteiger partial charge in [0.1, 0.15) is 5.82 Å². The molecule has 0 aliphatic heterocycles. The number of aromatic nitrogens is 1. The van der Waals surface area contributed by atoms with Crippen LogP contribution in [0.4, 0.5) is 4.39 Å². The predicted octanol–water partition coefficient (Wildman–Crippen LogP) is 3.35. The highest BCUT2D eigenvalue weighted by atomic mass is 19.1. The zero-order valence-electron chi connectivity index (χ0n) is 10.9. The van der Waals surface area contributed by atoms with Gasteiger partial charge in [-0.15, -0.1) is 0 Å². The van der Waals surface area contributed by atoms with Crippen molar-refractivity contribution < 1.29 is 4.39 Å². The van der Waals surface area contributed by atoms with E-state index in [1.165, 1.54) is 11.8 Å². The van der Waals surface area contributed by atoms with Crippen molar-refractivity contribution in [3.63, 3.8) is 0 Å². The largest absolute Gasteiger partial charge is 0.346 e. The molecule has 0 spiro atoms. The van der Waals surface area contributed by atoms with Crippen molar-refractivity contribution >= 4 is 0 Å². The maximum atomic E-state index is 13.2. The van der Waals surface area contributed by atoms with Gasteiger partial charge in [-0.3, -0.25) is 0 Å². The number of rotatable bonds is 5. The second-order valence-electron chi connectivity index (χ2n) is 4.47. The first-order chi connectivity index (χ1) is 8.70. The topological polar surface area (TPSA) is 17.0 Å². The van der Waals surface area contributed by atoms with Crippen LogP contribution in [0.15, 0.2) is 42.6 Å². The lowest BCUT2D eigenvalue weighted by atomic mass is 10.2. The summed E-state index contributed by atoms with van der Waals surface area (Å²) in [5.41, 5.74) is 2.21. The predicted molar refractivity (Wildman–Crippen MR) is 72.0 cm³/mol. The molecule has 1 aromatic carbocycles. The van der Waals surface area contributed by atoms with Gasteiger partial charge in [-0.1, -0.05) is 19.1 Å². The Bertz CT molecular complexity index is 505. The standard InChI is InChI=1S/C15H19FN2/c1-3-17-12(2)15-8-5-9-18(15)11-13-6-4-7-14(16)10-13/h4-10,12,17H,3,11H2,1-2H3. The van der Waals surface area contributed by atoms with Crippen molar-refractivity contribution in [1.82, 2.24) is 9.88 Å². The van der Waals surface area contributed by atoms with Crippen LogP contribution in [0.2, 0.25) is 0 Å². The molecule has 3 heteroatoms. The highest BCUT2D eigenvalue weighted by molar-refractivity contribution is 5.19. The molecular formula is C15H19FN2. The van der Waals surface area contributed by atoms with Crippen molar-refractivity contribution in [1.29, 1.82) is 0 Å². The normalized spacial score (nSPS) is 12.6. The Morgan fingerprint density at radius 3 is 2.83 bits per heavy atom. The van der Waals surface area contributed by atoms with Crippen LogP contribution < -0.4 is 5.32 Å². The molecule has 1 N–H and O–H groups in total. The number of nitrogens with one attached hydrogen (secondary N) is 1. The van der Waals surface area contributed by atoms with E-state index in [1.807, 2.05) is 18.3 Å². The molecule has 1 unspecified atom stereocenters. The van der Waals surface area contributed by atoms with Gasteiger partial charge in [-0.05, 0) is 43.3 Å². The van der Waals surface area contributed by atoms with Crippen LogP contribution in [0, 0.1) is 5.82 Å². The van der Waals surface area contributed by atoms with E-state index in [-0.39, 0.29) is 5.82 Å². The molecule has 2 aromatic rings.